The van der Waals surface area contributed by atoms with Gasteiger partial charge < -0.3 is 19.5 Å². The van der Waals surface area contributed by atoms with Crippen molar-refractivity contribution in [3.8, 4) is 11.5 Å². The lowest BCUT2D eigenvalue weighted by molar-refractivity contribution is -0.139. The van der Waals surface area contributed by atoms with Crippen molar-refractivity contribution in [2.75, 3.05) is 13.2 Å². The van der Waals surface area contributed by atoms with Crippen LogP contribution in [0, 0.1) is 0 Å². The third-order valence-corrected chi connectivity index (χ3v) is 7.13. The van der Waals surface area contributed by atoms with E-state index < -0.39 is 17.7 Å². The lowest BCUT2D eigenvalue weighted by Crippen LogP contribution is -2.31. The van der Waals surface area contributed by atoms with Crippen LogP contribution in [0.25, 0.3) is 5.76 Å². The fourth-order valence-electron chi connectivity index (χ4n) is 5.19. The molecule has 2 heterocycles. The number of rotatable bonds is 9. The summed E-state index contributed by atoms with van der Waals surface area (Å²) in [7, 11) is 0. The predicted molar refractivity (Wildman–Crippen MR) is 146 cm³/mol. The van der Waals surface area contributed by atoms with E-state index in [0.717, 1.165) is 41.7 Å². The van der Waals surface area contributed by atoms with E-state index in [1.54, 1.807) is 11.0 Å². The molecular formula is C32H33NO5. The Balaban J connectivity index is 1.55. The molecule has 3 aromatic rings. The van der Waals surface area contributed by atoms with Crippen molar-refractivity contribution in [1.29, 1.82) is 0 Å². The van der Waals surface area contributed by atoms with Gasteiger partial charge in [0.2, 0.25) is 0 Å². The molecule has 0 saturated carbocycles. The molecule has 0 radical (unpaired) electrons. The molecule has 0 spiro atoms. The van der Waals surface area contributed by atoms with Crippen molar-refractivity contribution >= 4 is 17.4 Å². The number of ether oxygens (including phenoxy) is 2. The molecule has 5 rings (SSSR count). The van der Waals surface area contributed by atoms with Crippen LogP contribution in [-0.4, -0.2) is 41.0 Å². The summed E-state index contributed by atoms with van der Waals surface area (Å²) in [5, 5.41) is 11.5. The molecule has 2 aliphatic rings. The second-order valence-electron chi connectivity index (χ2n) is 9.96. The highest BCUT2D eigenvalue weighted by molar-refractivity contribution is 6.46. The summed E-state index contributed by atoms with van der Waals surface area (Å²) in [6, 6.07) is 22.0. The number of unbranched alkanes of at least 4 members (excludes halogenated alkanes) is 1. The summed E-state index contributed by atoms with van der Waals surface area (Å²) >= 11 is 0. The number of benzene rings is 3. The zero-order valence-electron chi connectivity index (χ0n) is 21.9. The minimum atomic E-state index is -0.725. The first-order valence-electron chi connectivity index (χ1n) is 13.3. The molecule has 0 bridgehead atoms. The van der Waals surface area contributed by atoms with E-state index in [-0.39, 0.29) is 17.4 Å². The minimum Gasteiger partial charge on any atom is -0.507 e. The lowest BCUT2D eigenvalue weighted by atomic mass is 9.94. The lowest BCUT2D eigenvalue weighted by Gasteiger charge is -2.26. The third kappa shape index (κ3) is 5.17. The van der Waals surface area contributed by atoms with Crippen LogP contribution in [0.2, 0.25) is 0 Å². The molecule has 6 heteroatoms. The number of hydrogen-bond donors (Lipinski definition) is 1. The van der Waals surface area contributed by atoms with Crippen LogP contribution < -0.4 is 9.47 Å². The van der Waals surface area contributed by atoms with E-state index in [1.165, 1.54) is 0 Å². The summed E-state index contributed by atoms with van der Waals surface area (Å²) in [4.78, 5) is 28.4. The van der Waals surface area contributed by atoms with Gasteiger partial charge in [-0.05, 0) is 66.8 Å². The molecule has 1 fully saturated rings. The van der Waals surface area contributed by atoms with Crippen LogP contribution in [0.4, 0.5) is 0 Å². The number of ketones is 1. The molecule has 38 heavy (non-hydrogen) atoms. The SMILES string of the molecule is CCCCOc1cccc([C@H]2/C(=C(\O)c3ccc4c(c3)C[C@@H](C)O4)C(=O)C(=O)N2CCc2ccccc2)c1. The number of aliphatic hydroxyl groups is 1. The Morgan fingerprint density at radius 3 is 2.66 bits per heavy atom. The number of aliphatic hydroxyl groups excluding tert-OH is 1. The van der Waals surface area contributed by atoms with Crippen molar-refractivity contribution in [2.45, 2.75) is 51.7 Å². The van der Waals surface area contributed by atoms with Gasteiger partial charge in [0.05, 0.1) is 18.2 Å². The highest BCUT2D eigenvalue weighted by atomic mass is 16.5. The molecule has 1 amide bonds. The number of fused-ring (bicyclic) bond motifs is 1. The molecule has 2 atom stereocenters. The van der Waals surface area contributed by atoms with Gasteiger partial charge in [0.15, 0.2) is 0 Å². The molecule has 0 aliphatic carbocycles. The van der Waals surface area contributed by atoms with Gasteiger partial charge in [-0.15, -0.1) is 0 Å². The predicted octanol–water partition coefficient (Wildman–Crippen LogP) is 5.85. The number of nitrogens with zero attached hydrogens (tertiary/aromatic N) is 1. The Bertz CT molecular complexity index is 1360. The van der Waals surface area contributed by atoms with Crippen LogP contribution in [-0.2, 0) is 22.4 Å². The average molecular weight is 512 g/mol. The van der Waals surface area contributed by atoms with Gasteiger partial charge in [0.25, 0.3) is 11.7 Å². The van der Waals surface area contributed by atoms with E-state index in [4.69, 9.17) is 9.47 Å². The largest absolute Gasteiger partial charge is 0.507 e. The smallest absolute Gasteiger partial charge is 0.295 e. The van der Waals surface area contributed by atoms with E-state index in [0.29, 0.717) is 30.9 Å². The number of carbonyl (C=O) groups excluding carboxylic acids is 2. The summed E-state index contributed by atoms with van der Waals surface area (Å²) in [6.07, 6.45) is 3.32. The van der Waals surface area contributed by atoms with E-state index in [9.17, 15) is 14.7 Å². The zero-order chi connectivity index (χ0) is 26.6. The average Bonchev–Trinajstić information content (AvgIpc) is 3.43. The first-order valence-corrected chi connectivity index (χ1v) is 13.3. The number of Topliss-reactive ketones (excluding diaryl/α,β-unsaturated/α-hetero) is 1. The van der Waals surface area contributed by atoms with Crippen LogP contribution in [0.15, 0.2) is 78.4 Å². The zero-order valence-corrected chi connectivity index (χ0v) is 21.9. The summed E-state index contributed by atoms with van der Waals surface area (Å²) < 4.78 is 11.7. The van der Waals surface area contributed by atoms with E-state index in [1.807, 2.05) is 73.7 Å². The Morgan fingerprint density at radius 2 is 1.87 bits per heavy atom. The number of carbonyl (C=O) groups is 2. The second-order valence-corrected chi connectivity index (χ2v) is 9.96. The summed E-state index contributed by atoms with van der Waals surface area (Å²) in [5.74, 6) is 0.000193. The van der Waals surface area contributed by atoms with Crippen molar-refractivity contribution in [3.63, 3.8) is 0 Å². The molecule has 1 saturated heterocycles. The van der Waals surface area contributed by atoms with Gasteiger partial charge in [-0.25, -0.2) is 0 Å². The highest BCUT2D eigenvalue weighted by Crippen LogP contribution is 2.41. The Hall–Kier alpha value is -4.06. The van der Waals surface area contributed by atoms with Gasteiger partial charge >= 0.3 is 0 Å². The fraction of sp³-hybridized carbons (Fsp3) is 0.312. The second kappa shape index (κ2) is 11.1. The van der Waals surface area contributed by atoms with Crippen LogP contribution >= 0.6 is 0 Å². The van der Waals surface area contributed by atoms with Crippen molar-refractivity contribution in [2.24, 2.45) is 0 Å². The molecule has 6 nitrogen and oxygen atoms in total. The molecule has 3 aromatic carbocycles. The van der Waals surface area contributed by atoms with Gasteiger partial charge in [-0.3, -0.25) is 9.59 Å². The molecule has 0 aromatic heterocycles. The van der Waals surface area contributed by atoms with Gasteiger partial charge in [0.1, 0.15) is 23.4 Å². The molecular weight excluding hydrogens is 478 g/mol. The molecule has 196 valence electrons. The van der Waals surface area contributed by atoms with Crippen LogP contribution in [0.3, 0.4) is 0 Å². The molecule has 1 N–H and O–H groups in total. The van der Waals surface area contributed by atoms with Crippen molar-refractivity contribution in [3.05, 3.63) is 101 Å². The molecule has 2 aliphatic heterocycles. The Morgan fingerprint density at radius 1 is 1.05 bits per heavy atom. The normalized spacial score (nSPS) is 19.9. The summed E-state index contributed by atoms with van der Waals surface area (Å²) in [5.41, 5.74) is 3.37. The van der Waals surface area contributed by atoms with Gasteiger partial charge in [-0.1, -0.05) is 55.8 Å². The minimum absolute atomic E-state index is 0.0569. The highest BCUT2D eigenvalue weighted by Gasteiger charge is 2.46. The summed E-state index contributed by atoms with van der Waals surface area (Å²) in [6.45, 7) is 5.02. The third-order valence-electron chi connectivity index (χ3n) is 7.13. The standard InChI is InChI=1S/C32H33NO5/c1-3-4-17-37-26-12-8-11-23(20-26)29-28(30(34)24-13-14-27-25(19-24)18-21(2)38-27)31(35)32(36)33(29)16-15-22-9-6-5-7-10-22/h5-14,19-21,29,34H,3-4,15-18H2,1-2H3/b30-28+/t21-,29+/m1/s1. The van der Waals surface area contributed by atoms with E-state index in [2.05, 4.69) is 6.92 Å². The maximum absolute atomic E-state index is 13.4. The number of likely N-dealkylation sites (tertiary alicyclic amines) is 1. The monoisotopic (exact) mass is 511 g/mol. The number of hydrogen-bond acceptors (Lipinski definition) is 5. The van der Waals surface area contributed by atoms with Crippen molar-refractivity contribution < 1.29 is 24.2 Å². The van der Waals surface area contributed by atoms with Crippen LogP contribution in [0.5, 0.6) is 11.5 Å². The van der Waals surface area contributed by atoms with Gasteiger partial charge in [0, 0.05) is 18.5 Å². The van der Waals surface area contributed by atoms with E-state index >= 15 is 0 Å². The fourth-order valence-corrected chi connectivity index (χ4v) is 5.19. The first kappa shape index (κ1) is 25.6. The Kier molecular flexibility index (Phi) is 7.50. The quantitative estimate of drug-likeness (QED) is 0.169. The van der Waals surface area contributed by atoms with Crippen LogP contribution in [0.1, 0.15) is 55.0 Å². The maximum atomic E-state index is 13.4. The van der Waals surface area contributed by atoms with Crippen molar-refractivity contribution in [1.82, 2.24) is 4.90 Å². The maximum Gasteiger partial charge on any atom is 0.295 e. The molecule has 0 unspecified atom stereocenters. The Labute approximate surface area is 223 Å². The topological polar surface area (TPSA) is 76.1 Å². The van der Waals surface area contributed by atoms with Gasteiger partial charge in [-0.2, -0.15) is 0 Å². The number of amides is 1. The first-order chi connectivity index (χ1) is 18.5.